The number of hydrogen-bond donors (Lipinski definition) is 1. The molecule has 0 saturated heterocycles. The van der Waals surface area contributed by atoms with Crippen LogP contribution in [0.3, 0.4) is 0 Å². The molecule has 0 aliphatic heterocycles. The predicted octanol–water partition coefficient (Wildman–Crippen LogP) is 1.41. The number of ether oxygens (including phenoxy) is 1. The van der Waals surface area contributed by atoms with Crippen LogP contribution < -0.4 is 5.32 Å². The summed E-state index contributed by atoms with van der Waals surface area (Å²) in [6.45, 7) is 6.49. The van der Waals surface area contributed by atoms with Gasteiger partial charge in [0.1, 0.15) is 5.76 Å². The number of nitrogens with zero attached hydrogens (tertiary/aromatic N) is 1. The summed E-state index contributed by atoms with van der Waals surface area (Å²) in [4.78, 5) is 24.8. The van der Waals surface area contributed by atoms with Crippen molar-refractivity contribution in [3.8, 4) is 0 Å². The normalized spacial score (nSPS) is 11.5. The molecule has 0 aliphatic carbocycles. The van der Waals surface area contributed by atoms with Gasteiger partial charge in [-0.05, 0) is 40.0 Å². The fourth-order valence-electron chi connectivity index (χ4n) is 1.70. The molecule has 1 aromatic heterocycles. The molecule has 0 aromatic carbocycles. The number of amides is 1. The molecule has 0 atom stereocenters. The molecule has 6 nitrogen and oxygen atoms in total. The van der Waals surface area contributed by atoms with Crippen LogP contribution in [0.1, 0.15) is 37.1 Å². The van der Waals surface area contributed by atoms with Gasteiger partial charge in [0, 0.05) is 5.54 Å². The zero-order chi connectivity index (χ0) is 15.3. The number of carbonyl (C=O) groups excluding carboxylic acids is 2. The molecule has 0 bridgehead atoms. The Balaban J connectivity index is 2.50. The van der Waals surface area contributed by atoms with Crippen molar-refractivity contribution < 1.29 is 18.7 Å². The molecule has 0 aliphatic rings. The van der Waals surface area contributed by atoms with Crippen molar-refractivity contribution in [2.75, 3.05) is 20.7 Å². The highest BCUT2D eigenvalue weighted by Gasteiger charge is 2.16. The van der Waals surface area contributed by atoms with Crippen molar-refractivity contribution in [3.05, 3.63) is 23.7 Å². The zero-order valence-corrected chi connectivity index (χ0v) is 12.6. The Labute approximate surface area is 119 Å². The number of esters is 1. The first kappa shape index (κ1) is 16.2. The highest BCUT2D eigenvalue weighted by atomic mass is 16.5. The van der Waals surface area contributed by atoms with E-state index in [1.54, 1.807) is 17.0 Å². The predicted molar refractivity (Wildman–Crippen MR) is 74.3 cm³/mol. The Morgan fingerprint density at radius 3 is 2.55 bits per heavy atom. The van der Waals surface area contributed by atoms with E-state index in [1.807, 2.05) is 27.8 Å². The SMILES string of the molecule is COC(=O)c1ccc(CN(C)CC(=O)NC(C)(C)C)o1. The second-order valence-electron chi connectivity index (χ2n) is 5.73. The highest BCUT2D eigenvalue weighted by Crippen LogP contribution is 2.11. The Kier molecular flexibility index (Phi) is 5.33. The van der Waals surface area contributed by atoms with Gasteiger partial charge in [-0.15, -0.1) is 0 Å². The maximum absolute atomic E-state index is 11.8. The lowest BCUT2D eigenvalue weighted by molar-refractivity contribution is -0.123. The minimum atomic E-state index is -0.510. The molecule has 0 saturated carbocycles. The zero-order valence-electron chi connectivity index (χ0n) is 12.6. The molecule has 112 valence electrons. The van der Waals surface area contributed by atoms with Gasteiger partial charge in [-0.25, -0.2) is 4.79 Å². The van der Waals surface area contributed by atoms with Crippen molar-refractivity contribution in [2.24, 2.45) is 0 Å². The molecule has 6 heteroatoms. The molecule has 20 heavy (non-hydrogen) atoms. The summed E-state index contributed by atoms with van der Waals surface area (Å²) in [5.74, 6) is 0.204. The van der Waals surface area contributed by atoms with Crippen molar-refractivity contribution in [2.45, 2.75) is 32.9 Å². The Hall–Kier alpha value is -1.82. The fraction of sp³-hybridized carbons (Fsp3) is 0.571. The second kappa shape index (κ2) is 6.56. The molecular weight excluding hydrogens is 260 g/mol. The van der Waals surface area contributed by atoms with Gasteiger partial charge in [-0.3, -0.25) is 9.69 Å². The molecule has 0 spiro atoms. The third-order valence-electron chi connectivity index (χ3n) is 2.40. The minimum Gasteiger partial charge on any atom is -0.463 e. The van der Waals surface area contributed by atoms with E-state index in [9.17, 15) is 9.59 Å². The van der Waals surface area contributed by atoms with E-state index in [4.69, 9.17) is 4.42 Å². The number of furan rings is 1. The van der Waals surface area contributed by atoms with E-state index in [2.05, 4.69) is 10.1 Å². The van der Waals surface area contributed by atoms with E-state index in [1.165, 1.54) is 7.11 Å². The molecule has 1 N–H and O–H groups in total. The first-order valence-corrected chi connectivity index (χ1v) is 6.38. The number of likely N-dealkylation sites (N-methyl/N-ethyl adjacent to an activating group) is 1. The topological polar surface area (TPSA) is 71.8 Å². The average molecular weight is 282 g/mol. The van der Waals surface area contributed by atoms with Gasteiger partial charge in [-0.2, -0.15) is 0 Å². The minimum absolute atomic E-state index is 0.0558. The quantitative estimate of drug-likeness (QED) is 0.827. The highest BCUT2D eigenvalue weighted by molar-refractivity contribution is 5.86. The maximum Gasteiger partial charge on any atom is 0.373 e. The van der Waals surface area contributed by atoms with Crippen molar-refractivity contribution in [1.29, 1.82) is 0 Å². The van der Waals surface area contributed by atoms with Crippen LogP contribution >= 0.6 is 0 Å². The second-order valence-corrected chi connectivity index (χ2v) is 5.73. The molecule has 1 rings (SSSR count). The van der Waals surface area contributed by atoms with Crippen LogP contribution in [-0.4, -0.2) is 43.0 Å². The lowest BCUT2D eigenvalue weighted by Gasteiger charge is -2.22. The maximum atomic E-state index is 11.8. The number of carbonyl (C=O) groups is 2. The smallest absolute Gasteiger partial charge is 0.373 e. The van der Waals surface area contributed by atoms with Crippen molar-refractivity contribution >= 4 is 11.9 Å². The molecular formula is C14H22N2O4. The molecule has 1 amide bonds. The summed E-state index contributed by atoms with van der Waals surface area (Å²) < 4.78 is 9.91. The molecule has 0 unspecified atom stereocenters. The molecule has 0 fully saturated rings. The number of nitrogens with one attached hydrogen (secondary N) is 1. The Bertz CT molecular complexity index is 474. The summed E-state index contributed by atoms with van der Waals surface area (Å²) in [6, 6.07) is 3.26. The lowest BCUT2D eigenvalue weighted by atomic mass is 10.1. The van der Waals surface area contributed by atoms with Crippen molar-refractivity contribution in [1.82, 2.24) is 10.2 Å². The third-order valence-corrected chi connectivity index (χ3v) is 2.40. The van der Waals surface area contributed by atoms with Gasteiger partial charge >= 0.3 is 5.97 Å². The summed E-state index contributed by atoms with van der Waals surface area (Å²) >= 11 is 0. The third kappa shape index (κ3) is 5.44. The van der Waals surface area contributed by atoms with Crippen molar-refractivity contribution in [3.63, 3.8) is 0 Å². The monoisotopic (exact) mass is 282 g/mol. The van der Waals surface area contributed by atoms with Gasteiger partial charge in [-0.1, -0.05) is 0 Å². The van der Waals surface area contributed by atoms with Crippen LogP contribution in [0.25, 0.3) is 0 Å². The van der Waals surface area contributed by atoms with Gasteiger partial charge in [0.2, 0.25) is 11.7 Å². The molecule has 1 aromatic rings. The Morgan fingerprint density at radius 2 is 2.00 bits per heavy atom. The summed E-state index contributed by atoms with van der Waals surface area (Å²) in [5, 5.41) is 2.88. The average Bonchev–Trinajstić information content (AvgIpc) is 2.73. The van der Waals surface area contributed by atoms with Gasteiger partial charge in [0.15, 0.2) is 0 Å². The van der Waals surface area contributed by atoms with E-state index in [-0.39, 0.29) is 23.8 Å². The number of rotatable bonds is 5. The summed E-state index contributed by atoms with van der Waals surface area (Å²) in [5.41, 5.74) is -0.249. The van der Waals surface area contributed by atoms with E-state index in [0.717, 1.165) is 0 Å². The largest absolute Gasteiger partial charge is 0.463 e. The van der Waals surface area contributed by atoms with E-state index >= 15 is 0 Å². The number of methoxy groups -OCH3 is 1. The number of hydrogen-bond acceptors (Lipinski definition) is 5. The van der Waals surface area contributed by atoms with Crippen LogP contribution in [-0.2, 0) is 16.1 Å². The summed E-state index contributed by atoms with van der Waals surface area (Å²) in [6.07, 6.45) is 0. The first-order valence-electron chi connectivity index (χ1n) is 6.38. The van der Waals surface area contributed by atoms with E-state index in [0.29, 0.717) is 12.3 Å². The molecule has 1 heterocycles. The van der Waals surface area contributed by atoms with Crippen LogP contribution in [0.15, 0.2) is 16.5 Å². The standard InChI is InChI=1S/C14H22N2O4/c1-14(2,3)15-12(17)9-16(4)8-10-6-7-11(20-10)13(18)19-5/h6-7H,8-9H2,1-5H3,(H,15,17). The summed E-state index contributed by atoms with van der Waals surface area (Å²) in [7, 11) is 3.11. The first-order chi connectivity index (χ1) is 9.21. The van der Waals surface area contributed by atoms with Crippen LogP contribution in [0.2, 0.25) is 0 Å². The molecule has 0 radical (unpaired) electrons. The lowest BCUT2D eigenvalue weighted by Crippen LogP contribution is -2.45. The van der Waals surface area contributed by atoms with Gasteiger partial charge in [0.05, 0.1) is 20.2 Å². The Morgan fingerprint density at radius 1 is 1.35 bits per heavy atom. The van der Waals surface area contributed by atoms with Crippen LogP contribution in [0.4, 0.5) is 0 Å². The fourth-order valence-corrected chi connectivity index (χ4v) is 1.70. The van der Waals surface area contributed by atoms with E-state index < -0.39 is 5.97 Å². The van der Waals surface area contributed by atoms with Crippen LogP contribution in [0, 0.1) is 0 Å². The van der Waals surface area contributed by atoms with Crippen LogP contribution in [0.5, 0.6) is 0 Å². The van der Waals surface area contributed by atoms with Gasteiger partial charge < -0.3 is 14.5 Å². The van der Waals surface area contributed by atoms with Gasteiger partial charge in [0.25, 0.3) is 0 Å².